The van der Waals surface area contributed by atoms with Crippen molar-refractivity contribution in [2.24, 2.45) is 0 Å². The fourth-order valence-corrected chi connectivity index (χ4v) is 1.02. The minimum Gasteiger partial charge on any atom is -0.476 e. The maximum Gasteiger partial charge on any atom is 0.356 e. The minimum atomic E-state index is -1.12. The van der Waals surface area contributed by atoms with Gasteiger partial charge in [0.1, 0.15) is 11.4 Å². The van der Waals surface area contributed by atoms with E-state index in [1.807, 2.05) is 0 Å². The van der Waals surface area contributed by atoms with Gasteiger partial charge in [0.05, 0.1) is 18.6 Å². The highest BCUT2D eigenvalue weighted by Gasteiger charge is 2.07. The third-order valence-corrected chi connectivity index (χ3v) is 1.68. The van der Waals surface area contributed by atoms with Gasteiger partial charge in [0.25, 0.3) is 0 Å². The molecule has 0 saturated carbocycles. The number of aromatic nitrogens is 4. The fourth-order valence-electron chi connectivity index (χ4n) is 1.02. The summed E-state index contributed by atoms with van der Waals surface area (Å²) in [5, 5.41) is 8.72. The smallest absolute Gasteiger partial charge is 0.356 e. The molecular formula is C9H6N4O2. The second-order valence-electron chi connectivity index (χ2n) is 2.69. The SMILES string of the molecule is O=C(O)c1cncc(-c2cnccn2)n1. The summed E-state index contributed by atoms with van der Waals surface area (Å²) in [4.78, 5) is 26.1. The monoisotopic (exact) mass is 202 g/mol. The Morgan fingerprint density at radius 2 is 1.87 bits per heavy atom. The third kappa shape index (κ3) is 1.93. The van der Waals surface area contributed by atoms with Crippen molar-refractivity contribution in [3.8, 4) is 11.4 Å². The molecule has 0 radical (unpaired) electrons. The molecule has 0 atom stereocenters. The number of carboxylic acids is 1. The number of carboxylic acid groups (broad SMARTS) is 1. The van der Waals surface area contributed by atoms with Crippen LogP contribution in [0.25, 0.3) is 11.4 Å². The second-order valence-corrected chi connectivity index (χ2v) is 2.69. The van der Waals surface area contributed by atoms with Crippen molar-refractivity contribution < 1.29 is 9.90 Å². The van der Waals surface area contributed by atoms with Crippen molar-refractivity contribution in [2.45, 2.75) is 0 Å². The van der Waals surface area contributed by atoms with Gasteiger partial charge in [-0.1, -0.05) is 0 Å². The molecular weight excluding hydrogens is 196 g/mol. The van der Waals surface area contributed by atoms with E-state index in [0.29, 0.717) is 11.4 Å². The van der Waals surface area contributed by atoms with E-state index in [1.165, 1.54) is 31.0 Å². The summed E-state index contributed by atoms with van der Waals surface area (Å²) in [5.41, 5.74) is 0.772. The lowest BCUT2D eigenvalue weighted by Gasteiger charge is -1.98. The Labute approximate surface area is 84.7 Å². The summed E-state index contributed by atoms with van der Waals surface area (Å²) in [6.45, 7) is 0. The van der Waals surface area contributed by atoms with E-state index in [-0.39, 0.29) is 5.69 Å². The zero-order chi connectivity index (χ0) is 10.7. The van der Waals surface area contributed by atoms with Crippen molar-refractivity contribution in [2.75, 3.05) is 0 Å². The quantitative estimate of drug-likeness (QED) is 0.768. The molecule has 0 spiro atoms. The van der Waals surface area contributed by atoms with Crippen LogP contribution in [0.3, 0.4) is 0 Å². The van der Waals surface area contributed by atoms with Crippen LogP contribution < -0.4 is 0 Å². The molecule has 2 rings (SSSR count). The molecule has 2 aromatic rings. The van der Waals surface area contributed by atoms with Gasteiger partial charge in [0.15, 0.2) is 5.69 Å². The van der Waals surface area contributed by atoms with Crippen LogP contribution >= 0.6 is 0 Å². The van der Waals surface area contributed by atoms with Crippen LogP contribution in [0, 0.1) is 0 Å². The van der Waals surface area contributed by atoms with Crippen molar-refractivity contribution in [3.05, 3.63) is 36.7 Å². The zero-order valence-electron chi connectivity index (χ0n) is 7.53. The molecule has 2 heterocycles. The van der Waals surface area contributed by atoms with Crippen LogP contribution in [0.4, 0.5) is 0 Å². The molecule has 1 N–H and O–H groups in total. The van der Waals surface area contributed by atoms with Gasteiger partial charge in [-0.15, -0.1) is 0 Å². The summed E-state index contributed by atoms with van der Waals surface area (Å²) >= 11 is 0. The van der Waals surface area contributed by atoms with Crippen molar-refractivity contribution in [1.82, 2.24) is 19.9 Å². The molecule has 0 bridgehead atoms. The van der Waals surface area contributed by atoms with Crippen LogP contribution in [0.2, 0.25) is 0 Å². The number of aromatic carboxylic acids is 1. The van der Waals surface area contributed by atoms with Gasteiger partial charge in [0, 0.05) is 12.4 Å². The predicted molar refractivity (Wildman–Crippen MR) is 50.0 cm³/mol. The molecule has 6 nitrogen and oxygen atoms in total. The minimum absolute atomic E-state index is 0.113. The molecule has 0 aliphatic carbocycles. The average molecular weight is 202 g/mol. The van der Waals surface area contributed by atoms with E-state index in [1.54, 1.807) is 0 Å². The van der Waals surface area contributed by atoms with Crippen LogP contribution in [0.1, 0.15) is 10.5 Å². The van der Waals surface area contributed by atoms with E-state index in [4.69, 9.17) is 5.11 Å². The molecule has 74 valence electrons. The van der Waals surface area contributed by atoms with Gasteiger partial charge < -0.3 is 5.11 Å². The maximum atomic E-state index is 10.6. The topological polar surface area (TPSA) is 88.9 Å². The van der Waals surface area contributed by atoms with Crippen molar-refractivity contribution in [3.63, 3.8) is 0 Å². The third-order valence-electron chi connectivity index (χ3n) is 1.68. The number of hydrogen-bond donors (Lipinski definition) is 1. The van der Waals surface area contributed by atoms with Crippen LogP contribution in [-0.4, -0.2) is 31.0 Å². The Hall–Kier alpha value is -2.37. The van der Waals surface area contributed by atoms with Gasteiger partial charge in [-0.25, -0.2) is 9.78 Å². The lowest BCUT2D eigenvalue weighted by molar-refractivity contribution is 0.0690. The second kappa shape index (κ2) is 3.79. The molecule has 0 aliphatic rings. The zero-order valence-corrected chi connectivity index (χ0v) is 7.53. The molecule has 0 saturated heterocycles. The predicted octanol–water partition coefficient (Wildman–Crippen LogP) is 0.632. The Bertz CT molecular complexity index is 486. The van der Waals surface area contributed by atoms with E-state index in [9.17, 15) is 4.79 Å². The first kappa shape index (κ1) is 9.20. The Balaban J connectivity index is 2.46. The van der Waals surface area contributed by atoms with Crippen molar-refractivity contribution in [1.29, 1.82) is 0 Å². The van der Waals surface area contributed by atoms with E-state index in [0.717, 1.165) is 0 Å². The van der Waals surface area contributed by atoms with Gasteiger partial charge in [-0.05, 0) is 0 Å². The largest absolute Gasteiger partial charge is 0.476 e. The van der Waals surface area contributed by atoms with Crippen LogP contribution in [0.15, 0.2) is 31.0 Å². The molecule has 2 aromatic heterocycles. The summed E-state index contributed by atoms with van der Waals surface area (Å²) in [6.07, 6.45) is 7.15. The average Bonchev–Trinajstić information content (AvgIpc) is 2.30. The highest BCUT2D eigenvalue weighted by molar-refractivity contribution is 5.85. The summed E-state index contributed by atoms with van der Waals surface area (Å²) in [6, 6.07) is 0. The first-order chi connectivity index (χ1) is 7.27. The summed E-state index contributed by atoms with van der Waals surface area (Å²) < 4.78 is 0. The highest BCUT2D eigenvalue weighted by atomic mass is 16.4. The number of nitrogens with zero attached hydrogens (tertiary/aromatic N) is 4. The van der Waals surface area contributed by atoms with Crippen molar-refractivity contribution >= 4 is 5.97 Å². The molecule has 0 fully saturated rings. The van der Waals surface area contributed by atoms with Gasteiger partial charge in [-0.2, -0.15) is 0 Å². The Morgan fingerprint density at radius 1 is 1.07 bits per heavy atom. The summed E-state index contributed by atoms with van der Waals surface area (Å²) in [5.74, 6) is -1.12. The standard InChI is InChI=1S/C9H6N4O2/c14-9(15)8-5-11-4-7(13-8)6-3-10-1-2-12-6/h1-5H,(H,14,15). The number of carbonyl (C=O) groups is 1. The fraction of sp³-hybridized carbons (Fsp3) is 0. The van der Waals surface area contributed by atoms with Gasteiger partial charge in [-0.3, -0.25) is 15.0 Å². The Kier molecular flexibility index (Phi) is 2.32. The first-order valence-electron chi connectivity index (χ1n) is 4.09. The molecule has 6 heteroatoms. The lowest BCUT2D eigenvalue weighted by Crippen LogP contribution is -2.02. The van der Waals surface area contributed by atoms with Gasteiger partial charge >= 0.3 is 5.97 Å². The Morgan fingerprint density at radius 3 is 2.53 bits per heavy atom. The summed E-state index contributed by atoms with van der Waals surface area (Å²) in [7, 11) is 0. The molecule has 0 unspecified atom stereocenters. The molecule has 0 amide bonds. The highest BCUT2D eigenvalue weighted by Crippen LogP contribution is 2.10. The van der Waals surface area contributed by atoms with E-state index < -0.39 is 5.97 Å². The van der Waals surface area contributed by atoms with Gasteiger partial charge in [0.2, 0.25) is 0 Å². The lowest BCUT2D eigenvalue weighted by atomic mass is 10.3. The van der Waals surface area contributed by atoms with Crippen LogP contribution in [-0.2, 0) is 0 Å². The number of rotatable bonds is 2. The van der Waals surface area contributed by atoms with E-state index in [2.05, 4.69) is 19.9 Å². The van der Waals surface area contributed by atoms with E-state index >= 15 is 0 Å². The number of hydrogen-bond acceptors (Lipinski definition) is 5. The molecule has 15 heavy (non-hydrogen) atoms. The molecule has 0 aromatic carbocycles. The van der Waals surface area contributed by atoms with Crippen LogP contribution in [0.5, 0.6) is 0 Å². The molecule has 0 aliphatic heterocycles. The normalized spacial score (nSPS) is 9.87. The first-order valence-corrected chi connectivity index (χ1v) is 4.09. The maximum absolute atomic E-state index is 10.6.